The van der Waals surface area contributed by atoms with Crippen molar-refractivity contribution in [1.29, 1.82) is 0 Å². The average Bonchev–Trinajstić information content (AvgIpc) is 3.11. The van der Waals surface area contributed by atoms with E-state index in [4.69, 9.17) is 25.8 Å². The van der Waals surface area contributed by atoms with Gasteiger partial charge in [0.05, 0.1) is 17.3 Å². The zero-order chi connectivity index (χ0) is 25.7. The van der Waals surface area contributed by atoms with Gasteiger partial charge in [-0.1, -0.05) is 35.9 Å². The molecular formula is C28H27ClN2O5. The van der Waals surface area contributed by atoms with Crippen LogP contribution in [0.15, 0.2) is 66.2 Å². The zero-order valence-corrected chi connectivity index (χ0v) is 21.1. The number of amides is 2. The van der Waals surface area contributed by atoms with Crippen molar-refractivity contribution in [2.24, 2.45) is 0 Å². The molecule has 8 heteroatoms. The normalized spacial score (nSPS) is 14.2. The molecule has 3 aromatic carbocycles. The van der Waals surface area contributed by atoms with E-state index in [9.17, 15) is 9.59 Å². The number of nitrogens with zero attached hydrogens (tertiary/aromatic N) is 1. The molecule has 3 aromatic rings. The van der Waals surface area contributed by atoms with Crippen molar-refractivity contribution in [1.82, 2.24) is 5.43 Å². The molecule has 7 nitrogen and oxygen atoms in total. The third-order valence-electron chi connectivity index (χ3n) is 5.34. The Morgan fingerprint density at radius 1 is 0.917 bits per heavy atom. The molecule has 186 valence electrons. The first-order valence-electron chi connectivity index (χ1n) is 11.6. The molecule has 0 spiro atoms. The molecule has 0 atom stereocenters. The number of ether oxygens (including phenoxy) is 3. The fourth-order valence-corrected chi connectivity index (χ4v) is 4.15. The molecule has 36 heavy (non-hydrogen) atoms. The minimum atomic E-state index is -0.498. The van der Waals surface area contributed by atoms with E-state index in [0.29, 0.717) is 41.0 Å². The van der Waals surface area contributed by atoms with Gasteiger partial charge in [0.2, 0.25) is 0 Å². The number of halogens is 1. The molecule has 0 aliphatic carbocycles. The Kier molecular flexibility index (Phi) is 7.80. The Morgan fingerprint density at radius 2 is 1.61 bits per heavy atom. The van der Waals surface area contributed by atoms with Crippen LogP contribution >= 0.6 is 11.6 Å². The third-order valence-corrected chi connectivity index (χ3v) is 5.62. The van der Waals surface area contributed by atoms with E-state index in [0.717, 1.165) is 16.9 Å². The number of carbonyl (C=O) groups excluding carboxylic acids is 2. The maximum absolute atomic E-state index is 12.9. The lowest BCUT2D eigenvalue weighted by Crippen LogP contribution is -2.35. The smallest absolute Gasteiger partial charge is 0.282 e. The summed E-state index contributed by atoms with van der Waals surface area (Å²) < 4.78 is 17.4. The number of hydrogen-bond donors (Lipinski definition) is 1. The van der Waals surface area contributed by atoms with E-state index in [2.05, 4.69) is 11.5 Å². The lowest BCUT2D eigenvalue weighted by Gasteiger charge is -2.15. The second-order valence-corrected chi connectivity index (χ2v) is 8.67. The highest BCUT2D eigenvalue weighted by Gasteiger charge is 2.34. The molecule has 0 unspecified atom stereocenters. The molecule has 2 amide bonds. The number of para-hydroxylation sites is 1. The maximum Gasteiger partial charge on any atom is 0.282 e. The van der Waals surface area contributed by atoms with E-state index in [1.165, 1.54) is 11.1 Å². The second kappa shape index (κ2) is 11.2. The summed E-state index contributed by atoms with van der Waals surface area (Å²) in [5.41, 5.74) is 5.93. The summed E-state index contributed by atoms with van der Waals surface area (Å²) in [4.78, 5) is 25.4. The fourth-order valence-electron chi connectivity index (χ4n) is 3.88. The van der Waals surface area contributed by atoms with Crippen molar-refractivity contribution in [2.75, 3.05) is 24.8 Å². The van der Waals surface area contributed by atoms with Crippen LogP contribution in [0.5, 0.6) is 17.2 Å². The monoisotopic (exact) mass is 506 g/mol. The quantitative estimate of drug-likeness (QED) is 0.243. The molecule has 0 aromatic heterocycles. The summed E-state index contributed by atoms with van der Waals surface area (Å²) in [7, 11) is 0. The molecule has 1 N–H and O–H groups in total. The highest BCUT2D eigenvalue weighted by atomic mass is 35.5. The molecule has 4 rings (SSSR count). The van der Waals surface area contributed by atoms with Crippen LogP contribution in [-0.2, 0) is 9.59 Å². The van der Waals surface area contributed by atoms with Crippen molar-refractivity contribution in [2.45, 2.75) is 20.8 Å². The molecule has 1 aliphatic heterocycles. The van der Waals surface area contributed by atoms with Gasteiger partial charge in [0.15, 0.2) is 11.5 Å². The van der Waals surface area contributed by atoms with Crippen LogP contribution in [0.25, 0.3) is 6.08 Å². The van der Waals surface area contributed by atoms with Gasteiger partial charge < -0.3 is 14.2 Å². The average molecular weight is 507 g/mol. The summed E-state index contributed by atoms with van der Waals surface area (Å²) in [5.74, 6) is 0.607. The molecule has 1 aliphatic rings. The van der Waals surface area contributed by atoms with Gasteiger partial charge in [-0.15, -0.1) is 0 Å². The second-order valence-electron chi connectivity index (χ2n) is 8.26. The molecule has 1 fully saturated rings. The van der Waals surface area contributed by atoms with Crippen LogP contribution in [0.2, 0.25) is 5.02 Å². The molecule has 1 saturated heterocycles. The van der Waals surface area contributed by atoms with E-state index < -0.39 is 11.8 Å². The Bertz CT molecular complexity index is 1290. The summed E-state index contributed by atoms with van der Waals surface area (Å²) in [6.45, 7) is 6.83. The van der Waals surface area contributed by atoms with Crippen molar-refractivity contribution < 1.29 is 23.8 Å². The number of carbonyl (C=O) groups is 2. The minimum Gasteiger partial charge on any atom is -0.490 e. The van der Waals surface area contributed by atoms with Crippen LogP contribution in [0.1, 0.15) is 23.6 Å². The predicted molar refractivity (Wildman–Crippen MR) is 140 cm³/mol. The molecule has 0 radical (unpaired) electrons. The molecule has 0 bridgehead atoms. The highest BCUT2D eigenvalue weighted by Crippen LogP contribution is 2.37. The largest absolute Gasteiger partial charge is 0.490 e. The Morgan fingerprint density at radius 3 is 2.31 bits per heavy atom. The van der Waals surface area contributed by atoms with Gasteiger partial charge in [-0.2, -0.15) is 0 Å². The number of hydrazine groups is 1. The maximum atomic E-state index is 12.9. The van der Waals surface area contributed by atoms with Gasteiger partial charge in [0, 0.05) is 0 Å². The third kappa shape index (κ3) is 5.80. The molecular weight excluding hydrogens is 480 g/mol. The van der Waals surface area contributed by atoms with Crippen molar-refractivity contribution in [3.63, 3.8) is 0 Å². The fraction of sp³-hybridized carbons (Fsp3) is 0.214. The number of aryl methyl sites for hydroxylation is 2. The molecule has 0 saturated carbocycles. The van der Waals surface area contributed by atoms with E-state index >= 15 is 0 Å². The van der Waals surface area contributed by atoms with Crippen molar-refractivity contribution >= 4 is 35.2 Å². The molecule has 1 heterocycles. The van der Waals surface area contributed by atoms with Gasteiger partial charge in [-0.25, -0.2) is 5.01 Å². The highest BCUT2D eigenvalue weighted by molar-refractivity contribution is 6.33. The SMILES string of the molecule is CCOc1cc(/C=C2/C(=O)NN(c3ccccc3)C2=O)cc(Cl)c1OCCOc1cc(C)cc(C)c1. The summed E-state index contributed by atoms with van der Waals surface area (Å²) in [5, 5.41) is 1.51. The Hall–Kier alpha value is -3.97. The summed E-state index contributed by atoms with van der Waals surface area (Å²) in [6.07, 6.45) is 1.49. The summed E-state index contributed by atoms with van der Waals surface area (Å²) in [6, 6.07) is 18.2. The number of hydrogen-bond acceptors (Lipinski definition) is 5. The number of nitrogens with one attached hydrogen (secondary N) is 1. The first kappa shape index (κ1) is 25.1. The minimum absolute atomic E-state index is 0.00659. The van der Waals surface area contributed by atoms with Gasteiger partial charge in [0.1, 0.15) is 24.5 Å². The number of rotatable bonds is 9. The predicted octanol–water partition coefficient (Wildman–Crippen LogP) is 5.27. The van der Waals surface area contributed by atoms with Crippen LogP contribution < -0.4 is 24.6 Å². The lowest BCUT2D eigenvalue weighted by molar-refractivity contribution is -0.117. The summed E-state index contributed by atoms with van der Waals surface area (Å²) >= 11 is 6.52. The van der Waals surface area contributed by atoms with E-state index in [1.807, 2.05) is 39.0 Å². The van der Waals surface area contributed by atoms with Crippen molar-refractivity contribution in [3.8, 4) is 17.2 Å². The number of anilines is 1. The lowest BCUT2D eigenvalue weighted by atomic mass is 10.1. The Balaban J connectivity index is 1.49. The zero-order valence-electron chi connectivity index (χ0n) is 20.3. The van der Waals surface area contributed by atoms with Crippen molar-refractivity contribution in [3.05, 3.63) is 87.9 Å². The first-order valence-corrected chi connectivity index (χ1v) is 12.0. The van der Waals surface area contributed by atoms with E-state index in [-0.39, 0.29) is 12.2 Å². The van der Waals surface area contributed by atoms with Crippen LogP contribution in [-0.4, -0.2) is 31.6 Å². The van der Waals surface area contributed by atoms with Gasteiger partial charge in [-0.3, -0.25) is 15.0 Å². The van der Waals surface area contributed by atoms with Crippen LogP contribution in [0.3, 0.4) is 0 Å². The van der Waals surface area contributed by atoms with Gasteiger partial charge in [0.25, 0.3) is 11.8 Å². The topological polar surface area (TPSA) is 77.1 Å². The standard InChI is InChI=1S/C28H27ClN2O5/c1-4-34-25-17-20(15-23-27(32)30-31(28(23)33)21-8-6-5-7-9-21)16-24(29)26(25)36-11-10-35-22-13-18(2)12-19(3)14-22/h5-9,12-17H,4,10-11H2,1-3H3,(H,30,32)/b23-15-. The number of benzene rings is 3. The van der Waals surface area contributed by atoms with Crippen LogP contribution in [0.4, 0.5) is 5.69 Å². The van der Waals surface area contributed by atoms with E-state index in [1.54, 1.807) is 36.4 Å². The van der Waals surface area contributed by atoms with Gasteiger partial charge in [-0.05, 0) is 79.9 Å². The Labute approximate surface area is 215 Å². The van der Waals surface area contributed by atoms with Gasteiger partial charge >= 0.3 is 0 Å². The first-order chi connectivity index (χ1) is 17.4. The van der Waals surface area contributed by atoms with Crippen LogP contribution in [0, 0.1) is 13.8 Å².